The van der Waals surface area contributed by atoms with Gasteiger partial charge in [-0.3, -0.25) is 10.1 Å². The van der Waals surface area contributed by atoms with Gasteiger partial charge in [-0.05, 0) is 31.9 Å². The summed E-state index contributed by atoms with van der Waals surface area (Å²) < 4.78 is 26.4. The van der Waals surface area contributed by atoms with E-state index in [9.17, 15) is 18.5 Å². The lowest BCUT2D eigenvalue weighted by Crippen LogP contribution is -2.35. The van der Waals surface area contributed by atoms with Gasteiger partial charge in [-0.1, -0.05) is 6.42 Å². The van der Waals surface area contributed by atoms with Crippen LogP contribution >= 0.6 is 0 Å². The Bertz CT molecular complexity index is 624. The number of benzene rings is 1. The predicted octanol–water partition coefficient (Wildman–Crippen LogP) is 2.20. The molecule has 1 fully saturated rings. The van der Waals surface area contributed by atoms with Crippen LogP contribution < -0.4 is 5.32 Å². The van der Waals surface area contributed by atoms with Crippen LogP contribution in [-0.4, -0.2) is 37.3 Å². The van der Waals surface area contributed by atoms with Crippen LogP contribution in [0, 0.1) is 10.1 Å². The summed E-state index contributed by atoms with van der Waals surface area (Å²) in [5, 5.41) is 14.0. The Balaban J connectivity index is 2.39. The van der Waals surface area contributed by atoms with Crippen LogP contribution in [0.3, 0.4) is 0 Å². The lowest BCUT2D eigenvalue weighted by molar-refractivity contribution is -0.384. The fraction of sp³-hybridized carbons (Fsp3) is 0.538. The predicted molar refractivity (Wildman–Crippen MR) is 79.9 cm³/mol. The highest BCUT2D eigenvalue weighted by Crippen LogP contribution is 2.29. The number of anilines is 1. The highest BCUT2D eigenvalue weighted by Gasteiger charge is 2.28. The first-order valence-corrected chi connectivity index (χ1v) is 8.43. The van der Waals surface area contributed by atoms with Crippen LogP contribution in [0.1, 0.15) is 26.2 Å². The first-order chi connectivity index (χ1) is 9.96. The third-order valence-electron chi connectivity index (χ3n) is 3.49. The lowest BCUT2D eigenvalue weighted by atomic mass is 10.2. The second-order valence-corrected chi connectivity index (χ2v) is 6.87. The lowest BCUT2D eigenvalue weighted by Gasteiger charge is -2.25. The second kappa shape index (κ2) is 6.40. The van der Waals surface area contributed by atoms with Crippen LogP contribution in [0.5, 0.6) is 0 Å². The van der Waals surface area contributed by atoms with Gasteiger partial charge in [-0.2, -0.15) is 4.31 Å². The second-order valence-electron chi connectivity index (χ2n) is 4.93. The number of hydrogen-bond acceptors (Lipinski definition) is 5. The number of hydrogen-bond donors (Lipinski definition) is 1. The van der Waals surface area contributed by atoms with Crippen molar-refractivity contribution in [1.29, 1.82) is 0 Å². The van der Waals surface area contributed by atoms with Gasteiger partial charge >= 0.3 is 0 Å². The molecule has 0 aromatic heterocycles. The summed E-state index contributed by atoms with van der Waals surface area (Å²) in [5.74, 6) is 0. The standard InChI is InChI=1S/C13H19N3O4S/c1-2-14-12-7-6-11(10-13(12)16(17)18)21(19,20)15-8-4-3-5-9-15/h6-7,10,14H,2-5,8-9H2,1H3. The Kier molecular flexibility index (Phi) is 4.79. The molecular weight excluding hydrogens is 294 g/mol. The van der Waals surface area contributed by atoms with E-state index >= 15 is 0 Å². The van der Waals surface area contributed by atoms with Crippen molar-refractivity contribution in [1.82, 2.24) is 4.31 Å². The molecule has 1 heterocycles. The number of sulfonamides is 1. The van der Waals surface area contributed by atoms with Crippen molar-refractivity contribution in [2.75, 3.05) is 25.0 Å². The minimum Gasteiger partial charge on any atom is -0.380 e. The molecule has 1 aliphatic heterocycles. The SMILES string of the molecule is CCNc1ccc(S(=O)(=O)N2CCCCC2)cc1[N+](=O)[O-]. The number of nitro groups is 1. The molecular formula is C13H19N3O4S. The zero-order valence-electron chi connectivity index (χ0n) is 11.9. The number of rotatable bonds is 5. The quantitative estimate of drug-likeness (QED) is 0.664. The third-order valence-corrected chi connectivity index (χ3v) is 5.38. The Morgan fingerprint density at radius 3 is 2.52 bits per heavy atom. The van der Waals surface area contributed by atoms with Crippen molar-refractivity contribution < 1.29 is 13.3 Å². The first-order valence-electron chi connectivity index (χ1n) is 6.99. The largest absolute Gasteiger partial charge is 0.380 e. The molecule has 1 aliphatic rings. The van der Waals surface area contributed by atoms with E-state index < -0.39 is 14.9 Å². The summed E-state index contributed by atoms with van der Waals surface area (Å²) in [6.07, 6.45) is 2.68. The molecule has 21 heavy (non-hydrogen) atoms. The highest BCUT2D eigenvalue weighted by molar-refractivity contribution is 7.89. The molecule has 0 radical (unpaired) electrons. The molecule has 0 amide bonds. The zero-order valence-corrected chi connectivity index (χ0v) is 12.7. The van der Waals surface area contributed by atoms with Crippen LogP contribution in [-0.2, 0) is 10.0 Å². The van der Waals surface area contributed by atoms with E-state index in [4.69, 9.17) is 0 Å². The Hall–Kier alpha value is -1.67. The number of nitro benzene ring substituents is 1. The normalized spacial score (nSPS) is 16.6. The number of nitrogens with zero attached hydrogens (tertiary/aromatic N) is 2. The topological polar surface area (TPSA) is 92.6 Å². The molecule has 0 unspecified atom stereocenters. The van der Waals surface area contributed by atoms with Gasteiger partial charge in [0, 0.05) is 25.7 Å². The summed E-state index contributed by atoms with van der Waals surface area (Å²) >= 11 is 0. The molecule has 116 valence electrons. The molecule has 8 heteroatoms. The van der Waals surface area contributed by atoms with Crippen molar-refractivity contribution in [3.8, 4) is 0 Å². The van der Waals surface area contributed by atoms with E-state index in [-0.39, 0.29) is 10.6 Å². The smallest absolute Gasteiger partial charge is 0.293 e. The van der Waals surface area contributed by atoms with Gasteiger partial charge in [0.05, 0.1) is 9.82 Å². The summed E-state index contributed by atoms with van der Waals surface area (Å²) in [6.45, 7) is 3.30. The van der Waals surface area contributed by atoms with Gasteiger partial charge < -0.3 is 5.32 Å². The summed E-state index contributed by atoms with van der Waals surface area (Å²) in [6, 6.07) is 4.02. The van der Waals surface area contributed by atoms with Crippen molar-refractivity contribution in [2.24, 2.45) is 0 Å². The summed E-state index contributed by atoms with van der Waals surface area (Å²) in [5.41, 5.74) is 0.120. The van der Waals surface area contributed by atoms with Crippen LogP contribution in [0.4, 0.5) is 11.4 Å². The van der Waals surface area contributed by atoms with Crippen LogP contribution in [0.15, 0.2) is 23.1 Å². The van der Waals surface area contributed by atoms with Gasteiger partial charge in [-0.25, -0.2) is 8.42 Å². The molecule has 1 saturated heterocycles. The van der Waals surface area contributed by atoms with E-state index in [2.05, 4.69) is 5.32 Å². The number of piperidine rings is 1. The summed E-state index contributed by atoms with van der Waals surface area (Å²) in [4.78, 5) is 10.5. The Labute approximate surface area is 124 Å². The van der Waals surface area contributed by atoms with Gasteiger partial charge in [0.15, 0.2) is 0 Å². The maximum atomic E-state index is 12.5. The molecule has 7 nitrogen and oxygen atoms in total. The van der Waals surface area contributed by atoms with E-state index in [0.29, 0.717) is 25.3 Å². The fourth-order valence-electron chi connectivity index (χ4n) is 2.42. The molecule has 1 aromatic rings. The molecule has 0 bridgehead atoms. The molecule has 0 aliphatic carbocycles. The minimum atomic E-state index is -3.65. The molecule has 0 spiro atoms. The maximum absolute atomic E-state index is 12.5. The van der Waals surface area contributed by atoms with E-state index in [1.54, 1.807) is 0 Å². The van der Waals surface area contributed by atoms with E-state index in [1.165, 1.54) is 16.4 Å². The van der Waals surface area contributed by atoms with Crippen LogP contribution in [0.2, 0.25) is 0 Å². The highest BCUT2D eigenvalue weighted by atomic mass is 32.2. The van der Waals surface area contributed by atoms with Crippen molar-refractivity contribution in [3.05, 3.63) is 28.3 Å². The van der Waals surface area contributed by atoms with Gasteiger partial charge in [-0.15, -0.1) is 0 Å². The maximum Gasteiger partial charge on any atom is 0.293 e. The first kappa shape index (κ1) is 15.7. The Morgan fingerprint density at radius 1 is 1.29 bits per heavy atom. The fourth-order valence-corrected chi connectivity index (χ4v) is 3.95. The average Bonchev–Trinajstić information content (AvgIpc) is 2.48. The molecule has 0 atom stereocenters. The van der Waals surface area contributed by atoms with E-state index in [0.717, 1.165) is 25.3 Å². The van der Waals surface area contributed by atoms with Crippen molar-refractivity contribution >= 4 is 21.4 Å². The molecule has 2 rings (SSSR count). The number of nitrogens with one attached hydrogen (secondary N) is 1. The third kappa shape index (κ3) is 3.33. The van der Waals surface area contributed by atoms with Crippen molar-refractivity contribution in [2.45, 2.75) is 31.1 Å². The van der Waals surface area contributed by atoms with Gasteiger partial charge in [0.1, 0.15) is 5.69 Å². The molecule has 1 N–H and O–H groups in total. The van der Waals surface area contributed by atoms with Gasteiger partial charge in [0.2, 0.25) is 10.0 Å². The molecule has 1 aromatic carbocycles. The summed E-state index contributed by atoms with van der Waals surface area (Å²) in [7, 11) is -3.65. The monoisotopic (exact) mass is 313 g/mol. The molecule has 0 saturated carbocycles. The minimum absolute atomic E-state index is 0.0160. The van der Waals surface area contributed by atoms with Crippen LogP contribution in [0.25, 0.3) is 0 Å². The van der Waals surface area contributed by atoms with Gasteiger partial charge in [0.25, 0.3) is 5.69 Å². The van der Waals surface area contributed by atoms with E-state index in [1.807, 2.05) is 6.92 Å². The average molecular weight is 313 g/mol. The zero-order chi connectivity index (χ0) is 15.5. The Morgan fingerprint density at radius 2 is 1.95 bits per heavy atom. The van der Waals surface area contributed by atoms with Crippen molar-refractivity contribution in [3.63, 3.8) is 0 Å².